The molecule has 2 heterocycles. The first-order valence-electron chi connectivity index (χ1n) is 8.09. The van der Waals surface area contributed by atoms with Crippen LogP contribution in [0.2, 0.25) is 0 Å². The van der Waals surface area contributed by atoms with E-state index in [1.165, 1.54) is 35.3 Å². The standard InChI is InChI=1S/C17H22N4OS/c1-11(2)15-16(23-10-20-15)21-17(22)19-9-14-13-6-4-3-5-12(13)7-8-18-14/h7-8,10-11H,3-6,9H2,1-2H3,(H2,19,21,22). The van der Waals surface area contributed by atoms with Gasteiger partial charge in [-0.2, -0.15) is 0 Å². The molecule has 0 saturated carbocycles. The van der Waals surface area contributed by atoms with Crippen LogP contribution in [0.4, 0.5) is 9.80 Å². The second kappa shape index (κ2) is 7.08. The monoisotopic (exact) mass is 330 g/mol. The van der Waals surface area contributed by atoms with Crippen molar-refractivity contribution in [2.24, 2.45) is 0 Å². The topological polar surface area (TPSA) is 66.9 Å². The molecule has 5 nitrogen and oxygen atoms in total. The molecule has 2 aromatic heterocycles. The van der Waals surface area contributed by atoms with E-state index < -0.39 is 0 Å². The van der Waals surface area contributed by atoms with E-state index in [4.69, 9.17) is 0 Å². The number of carbonyl (C=O) groups is 1. The van der Waals surface area contributed by atoms with Gasteiger partial charge in [-0.1, -0.05) is 13.8 Å². The van der Waals surface area contributed by atoms with Crippen molar-refractivity contribution in [1.29, 1.82) is 0 Å². The van der Waals surface area contributed by atoms with Crippen molar-refractivity contribution in [3.05, 3.63) is 40.3 Å². The number of urea groups is 1. The molecule has 2 amide bonds. The van der Waals surface area contributed by atoms with Crippen LogP contribution in [0.3, 0.4) is 0 Å². The predicted molar refractivity (Wildman–Crippen MR) is 92.9 cm³/mol. The van der Waals surface area contributed by atoms with Crippen LogP contribution in [-0.2, 0) is 19.4 Å². The van der Waals surface area contributed by atoms with E-state index in [0.29, 0.717) is 12.5 Å². The number of nitrogens with zero attached hydrogens (tertiary/aromatic N) is 2. The Morgan fingerprint density at radius 2 is 2.13 bits per heavy atom. The summed E-state index contributed by atoms with van der Waals surface area (Å²) in [6, 6.07) is 1.90. The molecular formula is C17H22N4OS. The fraction of sp³-hybridized carbons (Fsp3) is 0.471. The third-order valence-electron chi connectivity index (χ3n) is 4.15. The maximum atomic E-state index is 12.2. The Labute approximate surface area is 140 Å². The fourth-order valence-corrected chi connectivity index (χ4v) is 3.79. The van der Waals surface area contributed by atoms with Gasteiger partial charge < -0.3 is 5.32 Å². The molecule has 3 rings (SSSR count). The average molecular weight is 330 g/mol. The SMILES string of the molecule is CC(C)c1ncsc1NC(=O)NCc1nccc2c1CCCC2. The van der Waals surface area contributed by atoms with Crippen LogP contribution in [0, 0.1) is 0 Å². The molecule has 1 aliphatic carbocycles. The number of thiazole rings is 1. The lowest BCUT2D eigenvalue weighted by Gasteiger charge is -2.18. The normalized spacial score (nSPS) is 13.7. The molecule has 0 aromatic carbocycles. The Balaban J connectivity index is 1.62. The van der Waals surface area contributed by atoms with Gasteiger partial charge >= 0.3 is 6.03 Å². The maximum Gasteiger partial charge on any atom is 0.320 e. The third kappa shape index (κ3) is 3.69. The van der Waals surface area contributed by atoms with Crippen molar-refractivity contribution in [1.82, 2.24) is 15.3 Å². The van der Waals surface area contributed by atoms with Gasteiger partial charge in [0.1, 0.15) is 5.00 Å². The smallest absolute Gasteiger partial charge is 0.320 e. The summed E-state index contributed by atoms with van der Waals surface area (Å²) < 4.78 is 0. The number of nitrogens with one attached hydrogen (secondary N) is 2. The van der Waals surface area contributed by atoms with Gasteiger partial charge in [0.05, 0.1) is 23.4 Å². The Kier molecular flexibility index (Phi) is 4.91. The van der Waals surface area contributed by atoms with Crippen LogP contribution >= 0.6 is 11.3 Å². The molecule has 0 fully saturated rings. The van der Waals surface area contributed by atoms with E-state index >= 15 is 0 Å². The molecule has 2 aromatic rings. The first-order valence-corrected chi connectivity index (χ1v) is 8.97. The summed E-state index contributed by atoms with van der Waals surface area (Å²) in [6.45, 7) is 4.60. The van der Waals surface area contributed by atoms with Crippen molar-refractivity contribution < 1.29 is 4.79 Å². The van der Waals surface area contributed by atoms with Gasteiger partial charge in [0, 0.05) is 6.20 Å². The second-order valence-corrected chi connectivity index (χ2v) is 6.99. The lowest BCUT2D eigenvalue weighted by molar-refractivity contribution is 0.251. The van der Waals surface area contributed by atoms with E-state index in [1.54, 1.807) is 5.51 Å². The lowest BCUT2D eigenvalue weighted by Crippen LogP contribution is -2.29. The highest BCUT2D eigenvalue weighted by Gasteiger charge is 2.16. The molecule has 122 valence electrons. The van der Waals surface area contributed by atoms with Crippen LogP contribution < -0.4 is 10.6 Å². The molecule has 0 aliphatic heterocycles. The van der Waals surface area contributed by atoms with Gasteiger partial charge in [0.25, 0.3) is 0 Å². The van der Waals surface area contributed by atoms with E-state index in [9.17, 15) is 4.79 Å². The molecule has 0 saturated heterocycles. The van der Waals surface area contributed by atoms with E-state index in [1.807, 2.05) is 6.20 Å². The van der Waals surface area contributed by atoms with E-state index in [-0.39, 0.29) is 6.03 Å². The summed E-state index contributed by atoms with van der Waals surface area (Å²) in [5.41, 5.74) is 6.39. The third-order valence-corrected chi connectivity index (χ3v) is 4.91. The minimum absolute atomic E-state index is 0.202. The molecule has 0 atom stereocenters. The van der Waals surface area contributed by atoms with Crippen LogP contribution in [0.15, 0.2) is 17.8 Å². The largest absolute Gasteiger partial charge is 0.332 e. The summed E-state index contributed by atoms with van der Waals surface area (Å²) in [7, 11) is 0. The van der Waals surface area contributed by atoms with Gasteiger partial charge in [-0.3, -0.25) is 10.3 Å². The molecule has 0 spiro atoms. The summed E-state index contributed by atoms with van der Waals surface area (Å²) in [6.07, 6.45) is 6.48. The molecule has 6 heteroatoms. The van der Waals surface area contributed by atoms with E-state index in [2.05, 4.69) is 40.5 Å². The minimum atomic E-state index is -0.202. The molecule has 1 aliphatic rings. The van der Waals surface area contributed by atoms with Crippen molar-refractivity contribution in [2.75, 3.05) is 5.32 Å². The maximum absolute atomic E-state index is 12.2. The number of hydrogen-bond acceptors (Lipinski definition) is 4. The van der Waals surface area contributed by atoms with Crippen molar-refractivity contribution in [3.63, 3.8) is 0 Å². The fourth-order valence-electron chi connectivity index (χ4n) is 2.96. The first kappa shape index (κ1) is 15.9. The second-order valence-electron chi connectivity index (χ2n) is 6.13. The van der Waals surface area contributed by atoms with Gasteiger partial charge in [-0.15, -0.1) is 11.3 Å². The Bertz CT molecular complexity index is 696. The first-order chi connectivity index (χ1) is 11.1. The molecular weight excluding hydrogens is 308 g/mol. The van der Waals surface area contributed by atoms with Crippen LogP contribution in [0.25, 0.3) is 0 Å². The van der Waals surface area contributed by atoms with Crippen molar-refractivity contribution in [2.45, 2.75) is 52.0 Å². The number of fused-ring (bicyclic) bond motifs is 1. The number of pyridine rings is 1. The quantitative estimate of drug-likeness (QED) is 0.894. The Hall–Kier alpha value is -1.95. The molecule has 2 N–H and O–H groups in total. The zero-order valence-corrected chi connectivity index (χ0v) is 14.4. The van der Waals surface area contributed by atoms with Gasteiger partial charge in [-0.25, -0.2) is 9.78 Å². The predicted octanol–water partition coefficient (Wildman–Crippen LogP) is 3.86. The summed E-state index contributed by atoms with van der Waals surface area (Å²) in [5, 5.41) is 6.64. The molecule has 0 bridgehead atoms. The van der Waals surface area contributed by atoms with Crippen molar-refractivity contribution >= 4 is 22.4 Å². The number of anilines is 1. The highest BCUT2D eigenvalue weighted by molar-refractivity contribution is 7.14. The molecule has 0 unspecified atom stereocenters. The van der Waals surface area contributed by atoms with Crippen LogP contribution in [0.5, 0.6) is 0 Å². The highest BCUT2D eigenvalue weighted by atomic mass is 32.1. The number of rotatable bonds is 4. The highest BCUT2D eigenvalue weighted by Crippen LogP contribution is 2.27. The van der Waals surface area contributed by atoms with E-state index in [0.717, 1.165) is 29.2 Å². The Morgan fingerprint density at radius 1 is 1.30 bits per heavy atom. The summed E-state index contributed by atoms with van der Waals surface area (Å²) >= 11 is 1.45. The lowest BCUT2D eigenvalue weighted by atomic mass is 9.91. The number of hydrogen-bond donors (Lipinski definition) is 2. The van der Waals surface area contributed by atoms with Crippen LogP contribution in [-0.4, -0.2) is 16.0 Å². The van der Waals surface area contributed by atoms with Crippen LogP contribution in [0.1, 0.15) is 55.1 Å². The summed E-state index contributed by atoms with van der Waals surface area (Å²) in [4.78, 5) is 20.9. The van der Waals surface area contributed by atoms with Gasteiger partial charge in [-0.05, 0) is 48.8 Å². The minimum Gasteiger partial charge on any atom is -0.332 e. The summed E-state index contributed by atoms with van der Waals surface area (Å²) in [5.74, 6) is 0.291. The average Bonchev–Trinajstić information content (AvgIpc) is 3.01. The zero-order valence-electron chi connectivity index (χ0n) is 13.6. The zero-order chi connectivity index (χ0) is 16.2. The number of amides is 2. The molecule has 23 heavy (non-hydrogen) atoms. The number of carbonyl (C=O) groups excluding carboxylic acids is 1. The number of aromatic nitrogens is 2. The van der Waals surface area contributed by atoms with Crippen molar-refractivity contribution in [3.8, 4) is 0 Å². The Morgan fingerprint density at radius 3 is 2.96 bits per heavy atom. The van der Waals surface area contributed by atoms with Gasteiger partial charge in [0.2, 0.25) is 0 Å². The molecule has 0 radical (unpaired) electrons. The number of aryl methyl sites for hydroxylation is 1. The van der Waals surface area contributed by atoms with Gasteiger partial charge in [0.15, 0.2) is 0 Å².